The summed E-state index contributed by atoms with van der Waals surface area (Å²) in [4.78, 5) is 20.0. The Kier molecular flexibility index (Phi) is 8.21. The van der Waals surface area contributed by atoms with Gasteiger partial charge in [-0.3, -0.25) is 0 Å². The second-order valence-corrected chi connectivity index (χ2v) is 3.70. The molecule has 1 fully saturated rings. The second-order valence-electron chi connectivity index (χ2n) is 3.70. The van der Waals surface area contributed by atoms with Gasteiger partial charge in [0, 0.05) is 5.92 Å². The molecule has 1 rings (SSSR count). The molecular formula is C12H20O4. The van der Waals surface area contributed by atoms with Gasteiger partial charge in [0.15, 0.2) is 5.76 Å². The molecule has 0 aliphatic heterocycles. The van der Waals surface area contributed by atoms with Crippen LogP contribution in [0.15, 0.2) is 12.3 Å². The van der Waals surface area contributed by atoms with E-state index in [0.717, 1.165) is 19.1 Å². The van der Waals surface area contributed by atoms with Crippen LogP contribution < -0.4 is 0 Å². The molecule has 1 N–H and O–H groups in total. The zero-order valence-corrected chi connectivity index (χ0v) is 9.78. The van der Waals surface area contributed by atoms with Crippen molar-refractivity contribution in [2.24, 2.45) is 5.92 Å². The van der Waals surface area contributed by atoms with Crippen molar-refractivity contribution in [3.05, 3.63) is 12.3 Å². The highest BCUT2D eigenvalue weighted by molar-refractivity contribution is 5.83. The normalized spacial score (nSPS) is 15.6. The summed E-state index contributed by atoms with van der Waals surface area (Å²) < 4.78 is 4.51. The number of carboxylic acids is 1. The Labute approximate surface area is 96.3 Å². The van der Waals surface area contributed by atoms with Crippen molar-refractivity contribution in [1.82, 2.24) is 0 Å². The number of hydrogen-bond acceptors (Lipinski definition) is 3. The third-order valence-corrected chi connectivity index (χ3v) is 2.40. The summed E-state index contributed by atoms with van der Waals surface area (Å²) in [6.07, 6.45) is 7.27. The number of rotatable bonds is 4. The smallest absolute Gasteiger partial charge is 0.370 e. The molecule has 0 bridgehead atoms. The zero-order valence-electron chi connectivity index (χ0n) is 9.78. The Morgan fingerprint density at radius 2 is 2.00 bits per heavy atom. The molecule has 0 spiro atoms. The highest BCUT2D eigenvalue weighted by Gasteiger charge is 2.10. The van der Waals surface area contributed by atoms with Gasteiger partial charge in [0.1, 0.15) is 6.29 Å². The Morgan fingerprint density at radius 3 is 2.25 bits per heavy atom. The minimum atomic E-state index is -1.10. The SMILES string of the molecule is C=C(OCC)C(=O)O.O=CC1CCCCC1. The van der Waals surface area contributed by atoms with Crippen LogP contribution in [-0.4, -0.2) is 24.0 Å². The van der Waals surface area contributed by atoms with Crippen molar-refractivity contribution in [3.8, 4) is 0 Å². The minimum Gasteiger partial charge on any atom is -0.487 e. The third kappa shape index (κ3) is 7.04. The van der Waals surface area contributed by atoms with Gasteiger partial charge in [-0.25, -0.2) is 4.79 Å². The lowest BCUT2D eigenvalue weighted by atomic mass is 9.91. The zero-order chi connectivity index (χ0) is 12.4. The maximum Gasteiger partial charge on any atom is 0.370 e. The van der Waals surface area contributed by atoms with Crippen LogP contribution in [0.5, 0.6) is 0 Å². The van der Waals surface area contributed by atoms with Gasteiger partial charge < -0.3 is 14.6 Å². The van der Waals surface area contributed by atoms with Crippen LogP contribution in [0.1, 0.15) is 39.0 Å². The number of aliphatic carboxylic acids is 1. The lowest BCUT2D eigenvalue weighted by Crippen LogP contribution is -2.06. The van der Waals surface area contributed by atoms with Gasteiger partial charge in [0.05, 0.1) is 6.61 Å². The molecule has 0 atom stereocenters. The van der Waals surface area contributed by atoms with Crippen LogP contribution in [0.2, 0.25) is 0 Å². The maximum absolute atomic E-state index is 10.2. The van der Waals surface area contributed by atoms with E-state index in [0.29, 0.717) is 12.5 Å². The Hall–Kier alpha value is -1.32. The lowest BCUT2D eigenvalue weighted by molar-refractivity contribution is -0.136. The van der Waals surface area contributed by atoms with E-state index in [1.807, 2.05) is 0 Å². The maximum atomic E-state index is 10.2. The van der Waals surface area contributed by atoms with Gasteiger partial charge >= 0.3 is 5.97 Å². The van der Waals surface area contributed by atoms with E-state index in [1.165, 1.54) is 19.3 Å². The van der Waals surface area contributed by atoms with Crippen molar-refractivity contribution in [2.75, 3.05) is 6.61 Å². The van der Waals surface area contributed by atoms with Gasteiger partial charge in [0.25, 0.3) is 0 Å². The molecule has 4 heteroatoms. The van der Waals surface area contributed by atoms with Gasteiger partial charge in [-0.05, 0) is 26.3 Å². The predicted octanol–water partition coefficient (Wildman–Crippen LogP) is 2.39. The molecule has 0 saturated heterocycles. The summed E-state index contributed by atoms with van der Waals surface area (Å²) >= 11 is 0. The Balaban J connectivity index is 0.000000281. The molecule has 0 amide bonds. The largest absolute Gasteiger partial charge is 0.487 e. The molecule has 0 aromatic rings. The van der Waals surface area contributed by atoms with Crippen LogP contribution in [0.25, 0.3) is 0 Å². The summed E-state index contributed by atoms with van der Waals surface area (Å²) in [6.45, 7) is 5.18. The summed E-state index contributed by atoms with van der Waals surface area (Å²) in [5, 5.41) is 8.09. The fourth-order valence-electron chi connectivity index (χ4n) is 1.51. The first kappa shape index (κ1) is 14.7. The third-order valence-electron chi connectivity index (χ3n) is 2.40. The van der Waals surface area contributed by atoms with Crippen LogP contribution in [-0.2, 0) is 14.3 Å². The fourth-order valence-corrected chi connectivity index (χ4v) is 1.51. The molecular weight excluding hydrogens is 208 g/mol. The lowest BCUT2D eigenvalue weighted by Gasteiger charge is -2.14. The van der Waals surface area contributed by atoms with Crippen LogP contribution >= 0.6 is 0 Å². The van der Waals surface area contributed by atoms with E-state index in [9.17, 15) is 9.59 Å². The van der Waals surface area contributed by atoms with Crippen molar-refractivity contribution in [2.45, 2.75) is 39.0 Å². The van der Waals surface area contributed by atoms with E-state index in [-0.39, 0.29) is 5.76 Å². The molecule has 4 nitrogen and oxygen atoms in total. The topological polar surface area (TPSA) is 63.6 Å². The first-order valence-corrected chi connectivity index (χ1v) is 5.62. The molecule has 0 aromatic heterocycles. The van der Waals surface area contributed by atoms with Gasteiger partial charge in [-0.2, -0.15) is 0 Å². The summed E-state index contributed by atoms with van der Waals surface area (Å²) in [6, 6.07) is 0. The van der Waals surface area contributed by atoms with Crippen molar-refractivity contribution >= 4 is 12.3 Å². The summed E-state index contributed by atoms with van der Waals surface area (Å²) in [5.74, 6) is -0.900. The van der Waals surface area contributed by atoms with E-state index < -0.39 is 5.97 Å². The van der Waals surface area contributed by atoms with Gasteiger partial charge in [-0.15, -0.1) is 0 Å². The van der Waals surface area contributed by atoms with Gasteiger partial charge in [0.2, 0.25) is 0 Å². The van der Waals surface area contributed by atoms with Gasteiger partial charge in [-0.1, -0.05) is 19.3 Å². The van der Waals surface area contributed by atoms with Crippen molar-refractivity contribution in [3.63, 3.8) is 0 Å². The number of hydrogen-bond donors (Lipinski definition) is 1. The first-order chi connectivity index (χ1) is 7.61. The first-order valence-electron chi connectivity index (χ1n) is 5.62. The van der Waals surface area contributed by atoms with Crippen molar-refractivity contribution < 1.29 is 19.4 Å². The average molecular weight is 228 g/mol. The molecule has 92 valence electrons. The molecule has 0 radical (unpaired) electrons. The highest BCUT2D eigenvalue weighted by atomic mass is 16.5. The van der Waals surface area contributed by atoms with E-state index in [4.69, 9.17) is 5.11 Å². The van der Waals surface area contributed by atoms with E-state index >= 15 is 0 Å². The highest BCUT2D eigenvalue weighted by Crippen LogP contribution is 2.21. The quantitative estimate of drug-likeness (QED) is 0.456. The average Bonchev–Trinajstić information content (AvgIpc) is 2.31. The predicted molar refractivity (Wildman–Crippen MR) is 61.0 cm³/mol. The second kappa shape index (κ2) is 8.95. The number of ether oxygens (including phenoxy) is 1. The van der Waals surface area contributed by atoms with E-state index in [1.54, 1.807) is 6.92 Å². The molecule has 1 aliphatic rings. The number of carboxylic acid groups (broad SMARTS) is 1. The van der Waals surface area contributed by atoms with Crippen molar-refractivity contribution in [1.29, 1.82) is 0 Å². The van der Waals surface area contributed by atoms with E-state index in [2.05, 4.69) is 11.3 Å². The molecule has 0 unspecified atom stereocenters. The minimum absolute atomic E-state index is 0.201. The molecule has 1 saturated carbocycles. The summed E-state index contributed by atoms with van der Waals surface area (Å²) in [7, 11) is 0. The Morgan fingerprint density at radius 1 is 1.44 bits per heavy atom. The number of aldehydes is 1. The summed E-state index contributed by atoms with van der Waals surface area (Å²) in [5.41, 5.74) is 0. The van der Waals surface area contributed by atoms with Crippen LogP contribution in [0.3, 0.4) is 0 Å². The monoisotopic (exact) mass is 228 g/mol. The van der Waals surface area contributed by atoms with Crippen LogP contribution in [0.4, 0.5) is 0 Å². The fraction of sp³-hybridized carbons (Fsp3) is 0.667. The Bertz CT molecular complexity index is 229. The molecule has 0 heterocycles. The standard InChI is InChI=1S/C7H12O.C5H8O3/c8-6-7-4-2-1-3-5-7;1-3-8-4(2)5(6)7/h6-7H,1-5H2;2-3H2,1H3,(H,6,7). The molecule has 0 aromatic carbocycles. The molecule has 1 aliphatic carbocycles. The molecule has 16 heavy (non-hydrogen) atoms. The number of carbonyl (C=O) groups is 2. The van der Waals surface area contributed by atoms with Crippen LogP contribution in [0, 0.1) is 5.92 Å². The number of carbonyl (C=O) groups excluding carboxylic acids is 1.